The van der Waals surface area contributed by atoms with Gasteiger partial charge in [0.05, 0.1) is 24.8 Å². The maximum absolute atomic E-state index is 14.7. The number of cyclic esters (lactones) is 1. The number of nitrogens with one attached hydrogen (secondary N) is 1. The molecule has 3 aliphatic rings. The molecule has 7 nitrogen and oxygen atoms in total. The van der Waals surface area contributed by atoms with Crippen LogP contribution in [0.3, 0.4) is 0 Å². The summed E-state index contributed by atoms with van der Waals surface area (Å²) >= 11 is 0. The lowest BCUT2D eigenvalue weighted by atomic mass is 10.1. The molecule has 1 aromatic carbocycles. The number of carbonyl (C=O) groups is 2. The van der Waals surface area contributed by atoms with Crippen molar-refractivity contribution in [2.75, 3.05) is 36.0 Å². The second-order valence-electron chi connectivity index (χ2n) is 6.63. The molecular formula is C17H20FN3O4. The van der Waals surface area contributed by atoms with Crippen molar-refractivity contribution in [3.05, 3.63) is 17.9 Å². The minimum atomic E-state index is -0.551. The van der Waals surface area contributed by atoms with Crippen molar-refractivity contribution in [2.45, 2.75) is 31.9 Å². The summed E-state index contributed by atoms with van der Waals surface area (Å²) in [6.07, 6.45) is 1.02. The molecule has 0 aliphatic carbocycles. The Balaban J connectivity index is 1.56. The Bertz CT molecular complexity index is 726. The Morgan fingerprint density at radius 3 is 3.08 bits per heavy atom. The number of ether oxygens (including phenoxy) is 2. The average Bonchev–Trinajstić information content (AvgIpc) is 3.18. The lowest BCUT2D eigenvalue weighted by molar-refractivity contribution is -0.119. The van der Waals surface area contributed by atoms with E-state index in [2.05, 4.69) is 10.2 Å². The van der Waals surface area contributed by atoms with Gasteiger partial charge in [-0.3, -0.25) is 9.69 Å². The third-order valence-electron chi connectivity index (χ3n) is 4.87. The van der Waals surface area contributed by atoms with Crippen molar-refractivity contribution in [1.29, 1.82) is 0 Å². The maximum Gasteiger partial charge on any atom is 0.414 e. The number of amides is 2. The molecule has 2 saturated heterocycles. The van der Waals surface area contributed by atoms with Gasteiger partial charge < -0.3 is 19.7 Å². The number of halogens is 1. The van der Waals surface area contributed by atoms with Gasteiger partial charge >= 0.3 is 6.09 Å². The molecule has 0 unspecified atom stereocenters. The van der Waals surface area contributed by atoms with E-state index in [-0.39, 0.29) is 25.0 Å². The smallest absolute Gasteiger partial charge is 0.414 e. The molecule has 0 bridgehead atoms. The number of anilines is 2. The topological polar surface area (TPSA) is 71.1 Å². The maximum atomic E-state index is 14.7. The zero-order valence-corrected chi connectivity index (χ0v) is 14.0. The Kier molecular flexibility index (Phi) is 3.89. The van der Waals surface area contributed by atoms with Crippen LogP contribution in [0.4, 0.5) is 20.6 Å². The van der Waals surface area contributed by atoms with Gasteiger partial charge in [0.2, 0.25) is 5.91 Å². The van der Waals surface area contributed by atoms with Crippen LogP contribution in [0.1, 0.15) is 19.8 Å². The summed E-state index contributed by atoms with van der Waals surface area (Å²) in [5, 5.41) is 2.62. The summed E-state index contributed by atoms with van der Waals surface area (Å²) in [7, 11) is 0. The highest BCUT2D eigenvalue weighted by Gasteiger charge is 2.37. The number of hydrogen-bond donors (Lipinski definition) is 1. The van der Waals surface area contributed by atoms with Crippen molar-refractivity contribution in [1.82, 2.24) is 5.32 Å². The summed E-state index contributed by atoms with van der Waals surface area (Å²) in [6.45, 7) is 3.24. The van der Waals surface area contributed by atoms with Gasteiger partial charge in [0.1, 0.15) is 24.1 Å². The first-order chi connectivity index (χ1) is 12.0. The van der Waals surface area contributed by atoms with Gasteiger partial charge in [0, 0.05) is 25.6 Å². The minimum Gasteiger partial charge on any atom is -0.489 e. The number of hydrogen-bond acceptors (Lipinski definition) is 5. The molecule has 2 atom stereocenters. The third-order valence-corrected chi connectivity index (χ3v) is 4.87. The molecule has 1 aromatic rings. The molecule has 0 saturated carbocycles. The molecule has 0 radical (unpaired) electrons. The zero-order chi connectivity index (χ0) is 17.6. The van der Waals surface area contributed by atoms with Crippen LogP contribution in [-0.4, -0.2) is 50.4 Å². The van der Waals surface area contributed by atoms with Crippen molar-refractivity contribution >= 4 is 23.4 Å². The fourth-order valence-corrected chi connectivity index (χ4v) is 3.69. The van der Waals surface area contributed by atoms with Crippen LogP contribution in [0.2, 0.25) is 0 Å². The fourth-order valence-electron chi connectivity index (χ4n) is 3.69. The molecule has 3 aliphatic heterocycles. The van der Waals surface area contributed by atoms with E-state index in [1.54, 1.807) is 6.07 Å². The molecular weight excluding hydrogens is 329 g/mol. The number of carbonyl (C=O) groups excluding carboxylic acids is 2. The predicted molar refractivity (Wildman–Crippen MR) is 88.6 cm³/mol. The van der Waals surface area contributed by atoms with E-state index in [1.807, 2.05) is 0 Å². The van der Waals surface area contributed by atoms with E-state index >= 15 is 0 Å². The monoisotopic (exact) mass is 349 g/mol. The number of fused-ring (bicyclic) bond motifs is 3. The Labute approximate surface area is 144 Å². The van der Waals surface area contributed by atoms with Crippen LogP contribution in [-0.2, 0) is 9.53 Å². The molecule has 1 N–H and O–H groups in total. The van der Waals surface area contributed by atoms with Crippen LogP contribution < -0.4 is 19.9 Å². The Morgan fingerprint density at radius 2 is 2.28 bits per heavy atom. The second kappa shape index (κ2) is 6.09. The highest BCUT2D eigenvalue weighted by atomic mass is 19.1. The average molecular weight is 349 g/mol. The van der Waals surface area contributed by atoms with Gasteiger partial charge in [-0.05, 0) is 12.8 Å². The largest absolute Gasteiger partial charge is 0.489 e. The first kappa shape index (κ1) is 16.0. The fraction of sp³-hybridized carbons (Fsp3) is 0.529. The molecule has 8 heteroatoms. The standard InChI is InChI=1S/C17H20FN3O4/c1-10(22)19-7-13-8-21(17(23)25-13)12-5-14(18)16-15(6-12)24-9-11-3-2-4-20(11)16/h5-6,11,13H,2-4,7-9H2,1H3,(H,19,22)/t11-,13-/m0/s1. The minimum absolute atomic E-state index is 0.192. The summed E-state index contributed by atoms with van der Waals surface area (Å²) in [5.74, 6) is -0.119. The molecule has 2 amide bonds. The van der Waals surface area contributed by atoms with Crippen LogP contribution in [0, 0.1) is 5.82 Å². The highest BCUT2D eigenvalue weighted by molar-refractivity contribution is 5.91. The van der Waals surface area contributed by atoms with Crippen molar-refractivity contribution < 1.29 is 23.5 Å². The third kappa shape index (κ3) is 2.85. The predicted octanol–water partition coefficient (Wildman–Crippen LogP) is 1.65. The number of rotatable bonds is 3. The molecule has 0 spiro atoms. The second-order valence-corrected chi connectivity index (χ2v) is 6.63. The van der Waals surface area contributed by atoms with E-state index in [1.165, 1.54) is 17.9 Å². The van der Waals surface area contributed by atoms with Gasteiger partial charge in [-0.25, -0.2) is 9.18 Å². The first-order valence-corrected chi connectivity index (χ1v) is 8.48. The number of nitrogens with zero attached hydrogens (tertiary/aromatic N) is 2. The van der Waals surface area contributed by atoms with E-state index < -0.39 is 18.0 Å². The first-order valence-electron chi connectivity index (χ1n) is 8.48. The molecule has 2 fully saturated rings. The molecule has 0 aromatic heterocycles. The number of benzene rings is 1. The van der Waals surface area contributed by atoms with Gasteiger partial charge in [-0.2, -0.15) is 0 Å². The lowest BCUT2D eigenvalue weighted by Crippen LogP contribution is -2.39. The van der Waals surface area contributed by atoms with Crippen molar-refractivity contribution in [2.24, 2.45) is 0 Å². The molecule has 134 valence electrons. The quantitative estimate of drug-likeness (QED) is 0.898. The van der Waals surface area contributed by atoms with E-state index in [0.717, 1.165) is 19.4 Å². The molecule has 4 rings (SSSR count). The molecule has 3 heterocycles. The van der Waals surface area contributed by atoms with E-state index in [0.29, 0.717) is 23.7 Å². The van der Waals surface area contributed by atoms with Crippen molar-refractivity contribution in [3.63, 3.8) is 0 Å². The Hall–Kier alpha value is -2.51. The van der Waals surface area contributed by atoms with Crippen LogP contribution in [0.15, 0.2) is 12.1 Å². The summed E-state index contributed by atoms with van der Waals surface area (Å²) in [6, 6.07) is 3.27. The lowest BCUT2D eigenvalue weighted by Gasteiger charge is -2.34. The van der Waals surface area contributed by atoms with E-state index in [9.17, 15) is 14.0 Å². The summed E-state index contributed by atoms with van der Waals surface area (Å²) in [4.78, 5) is 26.5. The van der Waals surface area contributed by atoms with Gasteiger partial charge in [0.15, 0.2) is 5.82 Å². The zero-order valence-electron chi connectivity index (χ0n) is 14.0. The summed E-state index contributed by atoms with van der Waals surface area (Å²) in [5.41, 5.74) is 0.893. The SMILES string of the molecule is CC(=O)NC[C@H]1CN(c2cc(F)c3c(c2)OC[C@@H]2CCCN32)C(=O)O1. The normalized spacial score (nSPS) is 24.5. The van der Waals surface area contributed by atoms with Crippen LogP contribution in [0.25, 0.3) is 0 Å². The Morgan fingerprint density at radius 1 is 1.44 bits per heavy atom. The van der Waals surface area contributed by atoms with Crippen LogP contribution >= 0.6 is 0 Å². The van der Waals surface area contributed by atoms with Gasteiger partial charge in [-0.1, -0.05) is 0 Å². The molecule has 25 heavy (non-hydrogen) atoms. The summed E-state index contributed by atoms with van der Waals surface area (Å²) < 4.78 is 25.7. The van der Waals surface area contributed by atoms with Gasteiger partial charge in [-0.15, -0.1) is 0 Å². The van der Waals surface area contributed by atoms with Gasteiger partial charge in [0.25, 0.3) is 0 Å². The van der Waals surface area contributed by atoms with E-state index in [4.69, 9.17) is 9.47 Å². The van der Waals surface area contributed by atoms with Crippen LogP contribution in [0.5, 0.6) is 5.75 Å². The highest BCUT2D eigenvalue weighted by Crippen LogP contribution is 2.42. The van der Waals surface area contributed by atoms with Crippen molar-refractivity contribution in [3.8, 4) is 5.75 Å².